The summed E-state index contributed by atoms with van der Waals surface area (Å²) in [5, 5.41) is 24.3. The van der Waals surface area contributed by atoms with E-state index in [0.29, 0.717) is 17.0 Å². The molecule has 10 heteroatoms. The second kappa shape index (κ2) is 9.53. The van der Waals surface area contributed by atoms with Crippen LogP contribution in [0.5, 0.6) is 5.75 Å². The van der Waals surface area contributed by atoms with E-state index < -0.39 is 10.8 Å². The first-order chi connectivity index (χ1) is 15.9. The number of phenolic OH excluding ortho intramolecular Hbond substituents is 1. The number of anilines is 1. The van der Waals surface area contributed by atoms with Gasteiger partial charge in [-0.3, -0.25) is 24.6 Å². The molecule has 1 atom stereocenters. The van der Waals surface area contributed by atoms with Gasteiger partial charge in [0.25, 0.3) is 11.6 Å². The van der Waals surface area contributed by atoms with Gasteiger partial charge in [0, 0.05) is 28.9 Å². The van der Waals surface area contributed by atoms with Crippen molar-refractivity contribution in [3.8, 4) is 5.75 Å². The third-order valence-corrected chi connectivity index (χ3v) is 6.16. The van der Waals surface area contributed by atoms with Crippen molar-refractivity contribution >= 4 is 41.2 Å². The number of aromatic hydroxyl groups is 1. The molecule has 0 aromatic heterocycles. The highest BCUT2D eigenvalue weighted by atomic mass is 32.2. The van der Waals surface area contributed by atoms with Gasteiger partial charge in [-0.2, -0.15) is 5.10 Å². The summed E-state index contributed by atoms with van der Waals surface area (Å²) in [5.74, 6) is -0.345. The fourth-order valence-electron chi connectivity index (χ4n) is 3.32. The predicted octanol–water partition coefficient (Wildman–Crippen LogP) is 3.84. The maximum Gasteiger partial charge on any atom is 0.271 e. The number of hydrogen-bond donors (Lipinski definition) is 2. The van der Waals surface area contributed by atoms with Crippen LogP contribution in [-0.2, 0) is 4.79 Å². The molecule has 0 spiro atoms. The minimum absolute atomic E-state index is 0.00702. The molecule has 166 valence electrons. The lowest BCUT2D eigenvalue weighted by Crippen LogP contribution is -2.28. The van der Waals surface area contributed by atoms with Crippen molar-refractivity contribution in [1.82, 2.24) is 5.43 Å². The van der Waals surface area contributed by atoms with Crippen LogP contribution in [0.1, 0.15) is 26.9 Å². The van der Waals surface area contributed by atoms with Crippen LogP contribution in [-0.4, -0.2) is 33.8 Å². The zero-order valence-electron chi connectivity index (χ0n) is 17.1. The lowest BCUT2D eigenvalue weighted by molar-refractivity contribution is -0.384. The Morgan fingerprint density at radius 1 is 1.15 bits per heavy atom. The normalized spacial score (nSPS) is 15.7. The van der Waals surface area contributed by atoms with Crippen LogP contribution in [0.2, 0.25) is 0 Å². The molecule has 1 aliphatic heterocycles. The van der Waals surface area contributed by atoms with Crippen LogP contribution in [0.4, 0.5) is 11.4 Å². The highest BCUT2D eigenvalue weighted by molar-refractivity contribution is 8.00. The monoisotopic (exact) mass is 462 g/mol. The Balaban J connectivity index is 1.45. The summed E-state index contributed by atoms with van der Waals surface area (Å²) < 4.78 is 0. The highest BCUT2D eigenvalue weighted by Crippen LogP contribution is 2.41. The van der Waals surface area contributed by atoms with E-state index in [1.165, 1.54) is 12.1 Å². The van der Waals surface area contributed by atoms with Gasteiger partial charge in [-0.05, 0) is 35.9 Å². The van der Waals surface area contributed by atoms with Gasteiger partial charge in [-0.15, -0.1) is 11.8 Å². The first-order valence-corrected chi connectivity index (χ1v) is 10.9. The van der Waals surface area contributed by atoms with Crippen LogP contribution in [0, 0.1) is 10.1 Å². The average molecular weight is 462 g/mol. The Morgan fingerprint density at radius 3 is 2.58 bits per heavy atom. The molecule has 0 aliphatic carbocycles. The maximum atomic E-state index is 12.5. The molecule has 0 saturated carbocycles. The molecular formula is C23H18N4O5S. The Kier molecular flexibility index (Phi) is 6.36. The van der Waals surface area contributed by atoms with Crippen molar-refractivity contribution in [2.45, 2.75) is 5.37 Å². The van der Waals surface area contributed by atoms with Crippen molar-refractivity contribution in [2.24, 2.45) is 5.10 Å². The number of carbonyl (C=O) groups excluding carboxylic acids is 2. The first-order valence-electron chi connectivity index (χ1n) is 9.83. The lowest BCUT2D eigenvalue weighted by atomic mass is 10.1. The summed E-state index contributed by atoms with van der Waals surface area (Å²) in [7, 11) is 0. The van der Waals surface area contributed by atoms with Crippen LogP contribution < -0.4 is 10.3 Å². The number of thioether (sulfide) groups is 1. The molecule has 1 aliphatic rings. The Hall–Kier alpha value is -4.18. The van der Waals surface area contributed by atoms with E-state index in [9.17, 15) is 24.8 Å². The van der Waals surface area contributed by atoms with Gasteiger partial charge in [0.2, 0.25) is 5.91 Å². The standard InChI is InChI=1S/C23H18N4O5S/c28-20-11-10-19(27(31)32)12-17(20)13-24-25-22(30)15-6-8-18(9-7-15)26-21(29)14-33-23(26)16-4-2-1-3-5-16/h1-13,23,28H,14H2,(H,25,30)/b24-13+. The van der Waals surface area contributed by atoms with Gasteiger partial charge in [0.05, 0.1) is 16.9 Å². The van der Waals surface area contributed by atoms with E-state index in [-0.39, 0.29) is 28.3 Å². The highest BCUT2D eigenvalue weighted by Gasteiger charge is 2.33. The zero-order valence-corrected chi connectivity index (χ0v) is 17.9. The predicted molar refractivity (Wildman–Crippen MR) is 125 cm³/mol. The molecule has 4 rings (SSSR count). The van der Waals surface area contributed by atoms with E-state index in [2.05, 4.69) is 10.5 Å². The molecule has 33 heavy (non-hydrogen) atoms. The van der Waals surface area contributed by atoms with Crippen molar-refractivity contribution < 1.29 is 19.6 Å². The molecule has 2 N–H and O–H groups in total. The zero-order chi connectivity index (χ0) is 23.4. The average Bonchev–Trinajstić information content (AvgIpc) is 3.22. The number of amides is 2. The van der Waals surface area contributed by atoms with E-state index in [0.717, 1.165) is 17.8 Å². The molecule has 1 unspecified atom stereocenters. The third-order valence-electron chi connectivity index (χ3n) is 4.95. The van der Waals surface area contributed by atoms with E-state index in [1.807, 2.05) is 30.3 Å². The molecule has 3 aromatic carbocycles. The Morgan fingerprint density at radius 2 is 1.88 bits per heavy atom. The van der Waals surface area contributed by atoms with Crippen LogP contribution in [0.25, 0.3) is 0 Å². The summed E-state index contributed by atoms with van der Waals surface area (Å²) in [6.07, 6.45) is 1.12. The number of nitro groups is 1. The number of nitrogens with zero attached hydrogens (tertiary/aromatic N) is 3. The van der Waals surface area contributed by atoms with E-state index in [1.54, 1.807) is 40.9 Å². The van der Waals surface area contributed by atoms with Crippen molar-refractivity contribution in [3.63, 3.8) is 0 Å². The van der Waals surface area contributed by atoms with Crippen molar-refractivity contribution in [1.29, 1.82) is 0 Å². The summed E-state index contributed by atoms with van der Waals surface area (Å²) >= 11 is 1.55. The number of phenols is 1. The fraction of sp³-hybridized carbons (Fsp3) is 0.0870. The number of hydrogen-bond acceptors (Lipinski definition) is 7. The molecule has 0 bridgehead atoms. The van der Waals surface area contributed by atoms with Gasteiger partial charge in [0.1, 0.15) is 11.1 Å². The molecule has 1 fully saturated rings. The molecule has 9 nitrogen and oxygen atoms in total. The molecular weight excluding hydrogens is 444 g/mol. The topological polar surface area (TPSA) is 125 Å². The lowest BCUT2D eigenvalue weighted by Gasteiger charge is -2.24. The van der Waals surface area contributed by atoms with Crippen LogP contribution in [0.15, 0.2) is 77.9 Å². The van der Waals surface area contributed by atoms with Gasteiger partial charge in [-0.1, -0.05) is 30.3 Å². The number of nitro benzene ring substituents is 1. The quantitative estimate of drug-likeness (QED) is 0.326. The second-order valence-electron chi connectivity index (χ2n) is 7.08. The molecule has 0 radical (unpaired) electrons. The van der Waals surface area contributed by atoms with E-state index in [4.69, 9.17) is 0 Å². The van der Waals surface area contributed by atoms with Gasteiger partial charge >= 0.3 is 0 Å². The summed E-state index contributed by atoms with van der Waals surface area (Å²) in [5.41, 5.74) is 4.22. The number of carbonyl (C=O) groups is 2. The smallest absolute Gasteiger partial charge is 0.271 e. The Bertz CT molecular complexity index is 1230. The number of non-ortho nitro benzene ring substituents is 1. The summed E-state index contributed by atoms with van der Waals surface area (Å²) in [6, 6.07) is 19.8. The number of nitrogens with one attached hydrogen (secondary N) is 1. The number of rotatable bonds is 6. The second-order valence-corrected chi connectivity index (χ2v) is 8.15. The Labute approximate surface area is 192 Å². The first kappa shape index (κ1) is 22.0. The SMILES string of the molecule is O=C(N/N=C/c1cc([N+](=O)[O-])ccc1O)c1ccc(N2C(=O)CSC2c2ccccc2)cc1. The molecule has 1 heterocycles. The minimum Gasteiger partial charge on any atom is -0.507 e. The minimum atomic E-state index is -0.594. The van der Waals surface area contributed by atoms with Crippen LogP contribution >= 0.6 is 11.8 Å². The fourth-order valence-corrected chi connectivity index (χ4v) is 4.50. The molecule has 2 amide bonds. The molecule has 3 aromatic rings. The largest absolute Gasteiger partial charge is 0.507 e. The number of hydrazone groups is 1. The van der Waals surface area contributed by atoms with Gasteiger partial charge in [0.15, 0.2) is 0 Å². The number of benzene rings is 3. The maximum absolute atomic E-state index is 12.5. The molecule has 1 saturated heterocycles. The summed E-state index contributed by atoms with van der Waals surface area (Å²) in [4.78, 5) is 36.9. The van der Waals surface area contributed by atoms with Crippen molar-refractivity contribution in [3.05, 3.63) is 99.6 Å². The van der Waals surface area contributed by atoms with Crippen LogP contribution in [0.3, 0.4) is 0 Å². The van der Waals surface area contributed by atoms with E-state index >= 15 is 0 Å². The van der Waals surface area contributed by atoms with Gasteiger partial charge in [-0.25, -0.2) is 5.43 Å². The van der Waals surface area contributed by atoms with Gasteiger partial charge < -0.3 is 5.11 Å². The third kappa shape index (κ3) is 4.85. The summed E-state index contributed by atoms with van der Waals surface area (Å²) in [6.45, 7) is 0. The van der Waals surface area contributed by atoms with Crippen molar-refractivity contribution in [2.75, 3.05) is 10.7 Å².